The summed E-state index contributed by atoms with van der Waals surface area (Å²) in [7, 11) is 0. The summed E-state index contributed by atoms with van der Waals surface area (Å²) >= 11 is 0. The van der Waals surface area contributed by atoms with Gasteiger partial charge < -0.3 is 20.4 Å². The average Bonchev–Trinajstić information content (AvgIpc) is 2.58. The number of aliphatic carboxylic acids is 4. The van der Waals surface area contributed by atoms with Gasteiger partial charge in [0.1, 0.15) is 0 Å². The SMILES string of the molecule is Cl.Cl.Cl.Cl.O=C(O)C1(C(=O)O)CCCC1(C(=O)O)C(=O)O. The summed E-state index contributed by atoms with van der Waals surface area (Å²) in [5, 5.41) is 35.8. The number of hydrogen-bond acceptors (Lipinski definition) is 4. The molecule has 4 N–H and O–H groups in total. The third kappa shape index (κ3) is 3.45. The summed E-state index contributed by atoms with van der Waals surface area (Å²) in [4.78, 5) is 44.3. The smallest absolute Gasteiger partial charge is 0.322 e. The molecule has 1 rings (SSSR count). The van der Waals surface area contributed by atoms with Gasteiger partial charge in [-0.3, -0.25) is 19.2 Å². The first-order chi connectivity index (χ1) is 7.73. The van der Waals surface area contributed by atoms with Gasteiger partial charge in [0.15, 0.2) is 10.8 Å². The number of carbonyl (C=O) groups is 4. The first kappa shape index (κ1) is 28.2. The largest absolute Gasteiger partial charge is 0.480 e. The van der Waals surface area contributed by atoms with E-state index in [4.69, 9.17) is 20.4 Å². The average molecular weight is 392 g/mol. The zero-order chi connectivity index (χ0) is 13.4. The van der Waals surface area contributed by atoms with Gasteiger partial charge in [-0.2, -0.15) is 0 Å². The van der Waals surface area contributed by atoms with Crippen LogP contribution in [0.15, 0.2) is 0 Å². The lowest BCUT2D eigenvalue weighted by molar-refractivity contribution is -0.191. The Bertz CT molecular complexity index is 358. The molecule has 0 amide bonds. The number of rotatable bonds is 4. The molecule has 0 spiro atoms. The van der Waals surface area contributed by atoms with Crippen LogP contribution in [0.2, 0.25) is 0 Å². The molecule has 0 heterocycles. The summed E-state index contributed by atoms with van der Waals surface area (Å²) in [6, 6.07) is 0. The molecular formula is C9H14Cl4O8. The molecule has 0 atom stereocenters. The molecule has 0 aromatic heterocycles. The van der Waals surface area contributed by atoms with Gasteiger partial charge in [-0.05, 0) is 19.3 Å². The Labute approximate surface area is 143 Å². The molecule has 0 bridgehead atoms. The Hall–Kier alpha value is -0.960. The van der Waals surface area contributed by atoms with Gasteiger partial charge in [0.2, 0.25) is 0 Å². The lowest BCUT2D eigenvalue weighted by atomic mass is 9.65. The molecule has 0 aromatic carbocycles. The molecular weight excluding hydrogens is 378 g/mol. The second-order valence-electron chi connectivity index (χ2n) is 3.88. The standard InChI is InChI=1S/C9H10O8.4ClH/c10-4(11)8(5(12)13)2-1-3-9(8,6(14)15)7(16)17;;;;/h1-3H2,(H,10,11)(H,12,13)(H,14,15)(H,16,17);4*1H. The first-order valence-corrected chi connectivity index (χ1v) is 4.67. The monoisotopic (exact) mass is 390 g/mol. The highest BCUT2D eigenvalue weighted by molar-refractivity contribution is 6.13. The van der Waals surface area contributed by atoms with Gasteiger partial charge >= 0.3 is 23.9 Å². The molecule has 1 aliphatic rings. The zero-order valence-corrected chi connectivity index (χ0v) is 13.4. The van der Waals surface area contributed by atoms with Gasteiger partial charge in [0, 0.05) is 0 Å². The fraction of sp³-hybridized carbons (Fsp3) is 0.556. The minimum absolute atomic E-state index is 0. The highest BCUT2D eigenvalue weighted by atomic mass is 35.5. The number of halogens is 4. The van der Waals surface area contributed by atoms with Crippen LogP contribution in [0.4, 0.5) is 0 Å². The van der Waals surface area contributed by atoms with E-state index in [1.54, 1.807) is 0 Å². The summed E-state index contributed by atoms with van der Waals surface area (Å²) in [6.07, 6.45) is -1.12. The van der Waals surface area contributed by atoms with Crippen molar-refractivity contribution in [1.82, 2.24) is 0 Å². The van der Waals surface area contributed by atoms with Crippen LogP contribution in [-0.2, 0) is 19.2 Å². The van der Waals surface area contributed by atoms with Crippen molar-refractivity contribution >= 4 is 73.5 Å². The first-order valence-electron chi connectivity index (χ1n) is 4.67. The lowest BCUT2D eigenvalue weighted by Gasteiger charge is -2.32. The molecule has 0 saturated heterocycles. The molecule has 0 radical (unpaired) electrons. The summed E-state index contributed by atoms with van der Waals surface area (Å²) < 4.78 is 0. The molecule has 126 valence electrons. The van der Waals surface area contributed by atoms with Crippen LogP contribution in [0.1, 0.15) is 19.3 Å². The van der Waals surface area contributed by atoms with Crippen molar-refractivity contribution in [2.45, 2.75) is 19.3 Å². The fourth-order valence-corrected chi connectivity index (χ4v) is 2.39. The van der Waals surface area contributed by atoms with Gasteiger partial charge in [0.05, 0.1) is 0 Å². The highest BCUT2D eigenvalue weighted by Gasteiger charge is 2.73. The molecule has 1 aliphatic carbocycles. The van der Waals surface area contributed by atoms with Crippen LogP contribution < -0.4 is 0 Å². The summed E-state index contributed by atoms with van der Waals surface area (Å²) in [6.45, 7) is 0. The van der Waals surface area contributed by atoms with E-state index in [1.807, 2.05) is 0 Å². The van der Waals surface area contributed by atoms with Crippen molar-refractivity contribution in [3.63, 3.8) is 0 Å². The van der Waals surface area contributed by atoms with E-state index >= 15 is 0 Å². The van der Waals surface area contributed by atoms with Crippen LogP contribution in [0.3, 0.4) is 0 Å². The van der Waals surface area contributed by atoms with Crippen molar-refractivity contribution in [1.29, 1.82) is 0 Å². The maximum absolute atomic E-state index is 11.1. The molecule has 1 fully saturated rings. The van der Waals surface area contributed by atoms with Crippen LogP contribution in [-0.4, -0.2) is 44.3 Å². The second-order valence-corrected chi connectivity index (χ2v) is 3.88. The predicted molar refractivity (Wildman–Crippen MR) is 78.3 cm³/mol. The van der Waals surface area contributed by atoms with Gasteiger partial charge in [-0.15, -0.1) is 49.6 Å². The van der Waals surface area contributed by atoms with Crippen molar-refractivity contribution in [3.05, 3.63) is 0 Å². The molecule has 0 unspecified atom stereocenters. The normalized spacial score (nSPS) is 16.8. The summed E-state index contributed by atoms with van der Waals surface area (Å²) in [5.74, 6) is -7.75. The highest BCUT2D eigenvalue weighted by Crippen LogP contribution is 2.54. The van der Waals surface area contributed by atoms with Crippen LogP contribution in [0.25, 0.3) is 0 Å². The molecule has 0 aliphatic heterocycles. The number of carboxylic acid groups (broad SMARTS) is 4. The number of hydrogen-bond donors (Lipinski definition) is 4. The minimum Gasteiger partial charge on any atom is -0.480 e. The lowest BCUT2D eigenvalue weighted by Crippen LogP contribution is -2.57. The summed E-state index contributed by atoms with van der Waals surface area (Å²) in [5.41, 5.74) is -5.63. The Morgan fingerprint density at radius 3 is 0.905 bits per heavy atom. The van der Waals surface area contributed by atoms with E-state index in [-0.39, 0.29) is 56.0 Å². The van der Waals surface area contributed by atoms with Gasteiger partial charge in [-0.1, -0.05) is 0 Å². The Kier molecular flexibility index (Phi) is 12.3. The third-order valence-electron chi connectivity index (χ3n) is 3.29. The third-order valence-corrected chi connectivity index (χ3v) is 3.29. The van der Waals surface area contributed by atoms with Gasteiger partial charge in [-0.25, -0.2) is 0 Å². The van der Waals surface area contributed by atoms with Crippen LogP contribution in [0.5, 0.6) is 0 Å². The molecule has 0 aromatic rings. The van der Waals surface area contributed by atoms with Crippen molar-refractivity contribution in [3.8, 4) is 0 Å². The fourth-order valence-electron chi connectivity index (χ4n) is 2.39. The number of carboxylic acids is 4. The van der Waals surface area contributed by atoms with Crippen LogP contribution in [0, 0.1) is 10.8 Å². The van der Waals surface area contributed by atoms with Crippen LogP contribution >= 0.6 is 49.6 Å². The Morgan fingerprint density at radius 1 is 0.571 bits per heavy atom. The van der Waals surface area contributed by atoms with Crippen molar-refractivity contribution in [2.75, 3.05) is 0 Å². The molecule has 8 nitrogen and oxygen atoms in total. The second kappa shape index (κ2) is 9.14. The maximum atomic E-state index is 11.1. The maximum Gasteiger partial charge on any atom is 0.322 e. The predicted octanol–water partition coefficient (Wildman–Crippen LogP) is 1.17. The quantitative estimate of drug-likeness (QED) is 0.521. The topological polar surface area (TPSA) is 149 Å². The minimum atomic E-state index is -2.81. The Balaban J connectivity index is -0.000000361. The van der Waals surface area contributed by atoms with E-state index < -0.39 is 47.5 Å². The van der Waals surface area contributed by atoms with Crippen molar-refractivity contribution < 1.29 is 39.6 Å². The van der Waals surface area contributed by atoms with Crippen molar-refractivity contribution in [2.24, 2.45) is 10.8 Å². The molecule has 12 heteroatoms. The van der Waals surface area contributed by atoms with E-state index in [1.165, 1.54) is 0 Å². The van der Waals surface area contributed by atoms with E-state index in [9.17, 15) is 19.2 Å². The van der Waals surface area contributed by atoms with E-state index in [2.05, 4.69) is 0 Å². The zero-order valence-electron chi connectivity index (χ0n) is 10.2. The molecule has 21 heavy (non-hydrogen) atoms. The van der Waals surface area contributed by atoms with Gasteiger partial charge in [0.25, 0.3) is 0 Å². The molecule has 1 saturated carbocycles. The Morgan fingerprint density at radius 2 is 0.762 bits per heavy atom. The van der Waals surface area contributed by atoms with E-state index in [0.29, 0.717) is 0 Å². The van der Waals surface area contributed by atoms with E-state index in [0.717, 1.165) is 0 Å².